The zero-order chi connectivity index (χ0) is 26.4. The van der Waals surface area contributed by atoms with Gasteiger partial charge in [-0.1, -0.05) is 24.3 Å². The van der Waals surface area contributed by atoms with E-state index in [2.05, 4.69) is 20.6 Å². The van der Waals surface area contributed by atoms with E-state index in [1.807, 2.05) is 18.2 Å². The number of hydrazine groups is 1. The van der Waals surface area contributed by atoms with Crippen molar-refractivity contribution in [3.8, 4) is 0 Å². The standard InChI is InChI=1S/C27H31F2N5O3/c1-18-16-24(20-9-10-22(28)23(29)17-20)34(27(37)30-18)32-25(35)8-5-13-33-14-11-21(12-15-33)31-26(36)19-6-3-2-4-7-19/h2-4,6-7,9-10,17,21,24H,5,8,11-16H2,1H3,(H,31,36)(H,32,35). The third kappa shape index (κ3) is 6.97. The Morgan fingerprint density at radius 1 is 1.05 bits per heavy atom. The first-order chi connectivity index (χ1) is 17.8. The number of likely N-dealkylation sites (tertiary alicyclic amines) is 1. The van der Waals surface area contributed by atoms with Gasteiger partial charge in [-0.15, -0.1) is 0 Å². The number of carbonyl (C=O) groups is 3. The minimum atomic E-state index is -1.01. The molecule has 2 N–H and O–H groups in total. The molecule has 1 saturated heterocycles. The van der Waals surface area contributed by atoms with Crippen molar-refractivity contribution in [2.24, 2.45) is 4.99 Å². The maximum Gasteiger partial charge on any atom is 0.362 e. The van der Waals surface area contributed by atoms with Crippen LogP contribution in [0.1, 0.15) is 61.0 Å². The quantitative estimate of drug-likeness (QED) is 0.560. The number of halogens is 2. The maximum atomic E-state index is 13.8. The van der Waals surface area contributed by atoms with E-state index in [0.717, 1.165) is 43.1 Å². The largest absolute Gasteiger partial charge is 0.362 e. The van der Waals surface area contributed by atoms with Crippen molar-refractivity contribution >= 4 is 23.6 Å². The molecule has 196 valence electrons. The van der Waals surface area contributed by atoms with E-state index in [-0.39, 0.29) is 24.3 Å². The Bertz CT molecular complexity index is 1170. The number of carbonyl (C=O) groups excluding carboxylic acids is 3. The first kappa shape index (κ1) is 26.4. The summed E-state index contributed by atoms with van der Waals surface area (Å²) in [7, 11) is 0. The summed E-state index contributed by atoms with van der Waals surface area (Å²) in [5, 5.41) is 4.18. The molecule has 0 radical (unpaired) electrons. The SMILES string of the molecule is CC1=NC(=O)N(NC(=O)CCCN2CCC(NC(=O)c3ccccc3)CC2)C(c2ccc(F)c(F)c2)C1. The van der Waals surface area contributed by atoms with Gasteiger partial charge in [-0.3, -0.25) is 15.0 Å². The van der Waals surface area contributed by atoms with Gasteiger partial charge < -0.3 is 10.2 Å². The van der Waals surface area contributed by atoms with Gasteiger partial charge in [0.2, 0.25) is 5.91 Å². The minimum absolute atomic E-state index is 0.0656. The monoisotopic (exact) mass is 511 g/mol. The normalized spacial score (nSPS) is 18.9. The van der Waals surface area contributed by atoms with Crippen molar-refractivity contribution in [1.82, 2.24) is 20.7 Å². The maximum absolute atomic E-state index is 13.8. The highest BCUT2D eigenvalue weighted by molar-refractivity contribution is 5.97. The zero-order valence-corrected chi connectivity index (χ0v) is 20.8. The topological polar surface area (TPSA) is 94.1 Å². The number of amides is 4. The van der Waals surface area contributed by atoms with Gasteiger partial charge >= 0.3 is 6.03 Å². The van der Waals surface area contributed by atoms with Crippen LogP contribution in [-0.2, 0) is 4.79 Å². The Morgan fingerprint density at radius 2 is 1.78 bits per heavy atom. The van der Waals surface area contributed by atoms with Gasteiger partial charge in [0.25, 0.3) is 5.91 Å². The summed E-state index contributed by atoms with van der Waals surface area (Å²) in [4.78, 5) is 43.7. The summed E-state index contributed by atoms with van der Waals surface area (Å²) in [6.07, 6.45) is 2.75. The molecule has 2 aromatic rings. The fourth-order valence-corrected chi connectivity index (χ4v) is 4.69. The molecule has 8 nitrogen and oxygen atoms in total. The van der Waals surface area contributed by atoms with E-state index in [9.17, 15) is 23.2 Å². The zero-order valence-electron chi connectivity index (χ0n) is 20.8. The Labute approximate surface area is 214 Å². The molecular formula is C27H31F2N5O3. The van der Waals surface area contributed by atoms with Crippen molar-refractivity contribution in [3.05, 3.63) is 71.3 Å². The molecule has 4 amide bonds. The van der Waals surface area contributed by atoms with Crippen LogP contribution in [0.2, 0.25) is 0 Å². The number of benzene rings is 2. The molecule has 0 spiro atoms. The van der Waals surface area contributed by atoms with Crippen LogP contribution in [0.3, 0.4) is 0 Å². The molecule has 1 fully saturated rings. The summed E-state index contributed by atoms with van der Waals surface area (Å²) in [5.41, 5.74) is 4.19. The van der Waals surface area contributed by atoms with Gasteiger partial charge in [0, 0.05) is 43.2 Å². The van der Waals surface area contributed by atoms with Crippen molar-refractivity contribution in [3.63, 3.8) is 0 Å². The molecule has 1 unspecified atom stereocenters. The molecule has 2 aliphatic heterocycles. The van der Waals surface area contributed by atoms with Crippen LogP contribution in [0.4, 0.5) is 13.6 Å². The summed E-state index contributed by atoms with van der Waals surface area (Å²) >= 11 is 0. The molecule has 0 saturated carbocycles. The van der Waals surface area contributed by atoms with E-state index in [1.54, 1.807) is 19.1 Å². The lowest BCUT2D eigenvalue weighted by molar-refractivity contribution is -0.125. The predicted octanol–water partition coefficient (Wildman–Crippen LogP) is 4.00. The Balaban J connectivity index is 1.22. The van der Waals surface area contributed by atoms with Crippen molar-refractivity contribution in [2.75, 3.05) is 19.6 Å². The Morgan fingerprint density at radius 3 is 2.49 bits per heavy atom. The summed E-state index contributed by atoms with van der Waals surface area (Å²) < 4.78 is 27.2. The smallest absolute Gasteiger partial charge is 0.349 e. The van der Waals surface area contributed by atoms with Gasteiger partial charge in [-0.05, 0) is 62.6 Å². The van der Waals surface area contributed by atoms with E-state index >= 15 is 0 Å². The number of urea groups is 1. The highest BCUT2D eigenvalue weighted by Gasteiger charge is 2.32. The molecule has 1 atom stereocenters. The molecule has 10 heteroatoms. The van der Waals surface area contributed by atoms with E-state index in [0.29, 0.717) is 36.2 Å². The first-order valence-corrected chi connectivity index (χ1v) is 12.5. The number of rotatable bonds is 8. The van der Waals surface area contributed by atoms with Crippen LogP contribution in [-0.4, -0.2) is 59.1 Å². The van der Waals surface area contributed by atoms with Crippen LogP contribution in [0, 0.1) is 11.6 Å². The van der Waals surface area contributed by atoms with Gasteiger partial charge in [-0.25, -0.2) is 23.6 Å². The van der Waals surface area contributed by atoms with E-state index in [4.69, 9.17) is 0 Å². The number of hydrogen-bond donors (Lipinski definition) is 2. The van der Waals surface area contributed by atoms with Crippen LogP contribution in [0.25, 0.3) is 0 Å². The van der Waals surface area contributed by atoms with Gasteiger partial charge in [0.1, 0.15) is 0 Å². The molecule has 2 aliphatic rings. The molecular weight excluding hydrogens is 480 g/mol. The summed E-state index contributed by atoms with van der Waals surface area (Å²) in [5.74, 6) is -2.40. The highest BCUT2D eigenvalue weighted by atomic mass is 19.2. The highest BCUT2D eigenvalue weighted by Crippen LogP contribution is 2.28. The molecule has 0 aliphatic carbocycles. The fourth-order valence-electron chi connectivity index (χ4n) is 4.69. The second-order valence-electron chi connectivity index (χ2n) is 9.49. The summed E-state index contributed by atoms with van der Waals surface area (Å²) in [6.45, 7) is 4.03. The molecule has 37 heavy (non-hydrogen) atoms. The number of nitrogens with zero attached hydrogens (tertiary/aromatic N) is 3. The Kier molecular flexibility index (Phi) is 8.60. The van der Waals surface area contributed by atoms with Crippen LogP contribution >= 0.6 is 0 Å². The van der Waals surface area contributed by atoms with Crippen molar-refractivity contribution in [1.29, 1.82) is 0 Å². The number of nitrogens with one attached hydrogen (secondary N) is 2. The van der Waals surface area contributed by atoms with Gasteiger partial charge in [0.15, 0.2) is 11.6 Å². The van der Waals surface area contributed by atoms with Gasteiger partial charge in [-0.2, -0.15) is 0 Å². The Hall–Kier alpha value is -3.66. The lowest BCUT2D eigenvalue weighted by Gasteiger charge is -2.34. The van der Waals surface area contributed by atoms with Gasteiger partial charge in [0.05, 0.1) is 6.04 Å². The average molecular weight is 512 g/mol. The number of aliphatic imine (C=N–C) groups is 1. The summed E-state index contributed by atoms with van der Waals surface area (Å²) in [6, 6.07) is 11.4. The molecule has 0 bridgehead atoms. The van der Waals surface area contributed by atoms with Crippen LogP contribution < -0.4 is 10.7 Å². The first-order valence-electron chi connectivity index (χ1n) is 12.5. The molecule has 4 rings (SSSR count). The van der Waals surface area contributed by atoms with Crippen molar-refractivity contribution < 1.29 is 23.2 Å². The minimum Gasteiger partial charge on any atom is -0.349 e. The van der Waals surface area contributed by atoms with E-state index < -0.39 is 23.7 Å². The molecule has 0 aromatic heterocycles. The lowest BCUT2D eigenvalue weighted by Crippen LogP contribution is -2.49. The molecule has 2 aromatic carbocycles. The third-order valence-electron chi connectivity index (χ3n) is 6.70. The third-order valence-corrected chi connectivity index (χ3v) is 6.70. The number of piperidine rings is 1. The lowest BCUT2D eigenvalue weighted by atomic mass is 9.99. The predicted molar refractivity (Wildman–Crippen MR) is 135 cm³/mol. The van der Waals surface area contributed by atoms with E-state index in [1.165, 1.54) is 6.07 Å². The second kappa shape index (κ2) is 12.1. The number of hydrogen-bond acceptors (Lipinski definition) is 4. The fraction of sp³-hybridized carbons (Fsp3) is 0.407. The molecule has 2 heterocycles. The van der Waals surface area contributed by atoms with Crippen molar-refractivity contribution in [2.45, 2.75) is 51.1 Å². The van der Waals surface area contributed by atoms with Crippen LogP contribution in [0.15, 0.2) is 53.5 Å². The average Bonchev–Trinajstić information content (AvgIpc) is 2.88. The second-order valence-corrected chi connectivity index (χ2v) is 9.49. The van der Waals surface area contributed by atoms with Crippen LogP contribution in [0.5, 0.6) is 0 Å².